The first kappa shape index (κ1) is 16.0. The molecule has 5 heteroatoms. The zero-order valence-corrected chi connectivity index (χ0v) is 13.1. The SMILES string of the molecule is COC(=O)c1cc(CNC2(CO)CCC(C)CC2)oc1C. The van der Waals surface area contributed by atoms with Crippen molar-refractivity contribution in [3.8, 4) is 0 Å². The van der Waals surface area contributed by atoms with Crippen LogP contribution in [0.15, 0.2) is 10.5 Å². The zero-order valence-electron chi connectivity index (χ0n) is 13.1. The van der Waals surface area contributed by atoms with Crippen LogP contribution in [0.4, 0.5) is 0 Å². The van der Waals surface area contributed by atoms with Gasteiger partial charge in [-0.05, 0) is 44.6 Å². The maximum atomic E-state index is 11.6. The second-order valence-corrected chi connectivity index (χ2v) is 6.15. The number of carbonyl (C=O) groups excluding carboxylic acids is 1. The van der Waals surface area contributed by atoms with Crippen LogP contribution in [0.25, 0.3) is 0 Å². The standard InChI is InChI=1S/C16H25NO4/c1-11-4-6-16(10-18,7-5-11)17-9-13-8-14(12(2)21-13)15(19)20-3/h8,11,17-18H,4-7,9-10H2,1-3H3. The van der Waals surface area contributed by atoms with Gasteiger partial charge in [-0.2, -0.15) is 0 Å². The molecule has 1 aromatic rings. The molecule has 0 saturated heterocycles. The molecule has 2 N–H and O–H groups in total. The lowest BCUT2D eigenvalue weighted by Gasteiger charge is -2.38. The van der Waals surface area contributed by atoms with Crippen molar-refractivity contribution in [1.82, 2.24) is 5.32 Å². The monoisotopic (exact) mass is 295 g/mol. The Bertz CT molecular complexity index is 486. The molecule has 2 rings (SSSR count). The van der Waals surface area contributed by atoms with E-state index in [1.54, 1.807) is 13.0 Å². The van der Waals surface area contributed by atoms with Crippen LogP contribution in [0.5, 0.6) is 0 Å². The topological polar surface area (TPSA) is 71.7 Å². The van der Waals surface area contributed by atoms with Gasteiger partial charge < -0.3 is 19.6 Å². The molecule has 0 amide bonds. The number of hydrogen-bond donors (Lipinski definition) is 2. The van der Waals surface area contributed by atoms with Gasteiger partial charge in [-0.1, -0.05) is 6.92 Å². The number of methoxy groups -OCH3 is 1. The summed E-state index contributed by atoms with van der Waals surface area (Å²) in [5.74, 6) is 1.60. The van der Waals surface area contributed by atoms with Gasteiger partial charge in [-0.3, -0.25) is 0 Å². The van der Waals surface area contributed by atoms with Crippen molar-refractivity contribution in [1.29, 1.82) is 0 Å². The van der Waals surface area contributed by atoms with Crippen LogP contribution < -0.4 is 5.32 Å². The predicted molar refractivity (Wildman–Crippen MR) is 79.1 cm³/mol. The highest BCUT2D eigenvalue weighted by Crippen LogP contribution is 2.32. The van der Waals surface area contributed by atoms with Gasteiger partial charge in [0, 0.05) is 5.54 Å². The Morgan fingerprint density at radius 3 is 2.76 bits per heavy atom. The quantitative estimate of drug-likeness (QED) is 0.816. The molecule has 118 valence electrons. The molecule has 5 nitrogen and oxygen atoms in total. The smallest absolute Gasteiger partial charge is 0.341 e. The average molecular weight is 295 g/mol. The molecule has 0 radical (unpaired) electrons. The highest BCUT2D eigenvalue weighted by Gasteiger charge is 2.33. The Balaban J connectivity index is 2.00. The number of furan rings is 1. The fourth-order valence-electron chi connectivity index (χ4n) is 2.92. The first-order chi connectivity index (χ1) is 9.99. The van der Waals surface area contributed by atoms with E-state index in [9.17, 15) is 9.90 Å². The molecular formula is C16H25NO4. The number of aryl methyl sites for hydroxylation is 1. The predicted octanol–water partition coefficient (Wildman–Crippen LogP) is 2.41. The maximum absolute atomic E-state index is 11.6. The summed E-state index contributed by atoms with van der Waals surface area (Å²) in [4.78, 5) is 11.6. The Kier molecular flexibility index (Phi) is 5.06. The average Bonchev–Trinajstić information content (AvgIpc) is 2.87. The molecular weight excluding hydrogens is 270 g/mol. The summed E-state index contributed by atoms with van der Waals surface area (Å²) in [5, 5.41) is 13.1. The molecule has 1 heterocycles. The number of hydrogen-bond acceptors (Lipinski definition) is 5. The molecule has 0 aromatic carbocycles. The summed E-state index contributed by atoms with van der Waals surface area (Å²) in [5.41, 5.74) is 0.239. The van der Waals surface area contributed by atoms with Gasteiger partial charge >= 0.3 is 5.97 Å². The number of aliphatic hydroxyl groups is 1. The molecule has 1 aliphatic carbocycles. The van der Waals surface area contributed by atoms with E-state index < -0.39 is 0 Å². The van der Waals surface area contributed by atoms with Gasteiger partial charge in [0.1, 0.15) is 17.1 Å². The van der Waals surface area contributed by atoms with Crippen LogP contribution in [-0.2, 0) is 11.3 Å². The number of nitrogens with one attached hydrogen (secondary N) is 1. The molecule has 0 bridgehead atoms. The molecule has 0 aliphatic heterocycles. The second-order valence-electron chi connectivity index (χ2n) is 6.15. The van der Waals surface area contributed by atoms with Crippen molar-refractivity contribution in [2.45, 2.75) is 51.6 Å². The Morgan fingerprint density at radius 1 is 1.52 bits per heavy atom. The van der Waals surface area contributed by atoms with Crippen LogP contribution in [-0.4, -0.2) is 30.3 Å². The summed E-state index contributed by atoms with van der Waals surface area (Å²) < 4.78 is 10.3. The van der Waals surface area contributed by atoms with E-state index >= 15 is 0 Å². The highest BCUT2D eigenvalue weighted by molar-refractivity contribution is 5.90. The van der Waals surface area contributed by atoms with Gasteiger partial charge in [0.15, 0.2) is 0 Å². The van der Waals surface area contributed by atoms with Gasteiger partial charge in [-0.15, -0.1) is 0 Å². The largest absolute Gasteiger partial charge is 0.465 e. The van der Waals surface area contributed by atoms with Crippen molar-refractivity contribution in [3.63, 3.8) is 0 Å². The summed E-state index contributed by atoms with van der Waals surface area (Å²) in [6.45, 7) is 4.63. The third-order valence-corrected chi connectivity index (χ3v) is 4.55. The third kappa shape index (κ3) is 3.66. The molecule has 1 fully saturated rings. The molecule has 0 unspecified atom stereocenters. The van der Waals surface area contributed by atoms with E-state index in [-0.39, 0.29) is 18.1 Å². The van der Waals surface area contributed by atoms with E-state index in [4.69, 9.17) is 9.15 Å². The lowest BCUT2D eigenvalue weighted by Crippen LogP contribution is -2.50. The minimum absolute atomic E-state index is 0.128. The Morgan fingerprint density at radius 2 is 2.19 bits per heavy atom. The Labute approximate surface area is 125 Å². The summed E-state index contributed by atoms with van der Waals surface area (Å²) in [6.07, 6.45) is 4.18. The molecule has 1 saturated carbocycles. The van der Waals surface area contributed by atoms with Gasteiger partial charge in [-0.25, -0.2) is 4.79 Å². The fourth-order valence-corrected chi connectivity index (χ4v) is 2.92. The van der Waals surface area contributed by atoms with Gasteiger partial charge in [0.25, 0.3) is 0 Å². The van der Waals surface area contributed by atoms with Crippen molar-refractivity contribution in [2.24, 2.45) is 5.92 Å². The van der Waals surface area contributed by atoms with Crippen LogP contribution in [0, 0.1) is 12.8 Å². The van der Waals surface area contributed by atoms with Crippen molar-refractivity contribution in [2.75, 3.05) is 13.7 Å². The molecule has 21 heavy (non-hydrogen) atoms. The van der Waals surface area contributed by atoms with Gasteiger partial charge in [0.2, 0.25) is 0 Å². The second kappa shape index (κ2) is 6.62. The minimum atomic E-state index is -0.383. The van der Waals surface area contributed by atoms with E-state index in [0.717, 1.165) is 31.6 Å². The molecule has 1 aliphatic rings. The molecule has 0 atom stereocenters. The number of esters is 1. The summed E-state index contributed by atoms with van der Waals surface area (Å²) >= 11 is 0. The summed E-state index contributed by atoms with van der Waals surface area (Å²) in [7, 11) is 1.36. The minimum Gasteiger partial charge on any atom is -0.465 e. The third-order valence-electron chi connectivity index (χ3n) is 4.55. The Hall–Kier alpha value is -1.33. The number of carbonyl (C=O) groups is 1. The van der Waals surface area contributed by atoms with Crippen molar-refractivity contribution in [3.05, 3.63) is 23.2 Å². The molecule has 0 spiro atoms. The van der Waals surface area contributed by atoms with Crippen LogP contribution in [0.2, 0.25) is 0 Å². The van der Waals surface area contributed by atoms with Crippen molar-refractivity contribution >= 4 is 5.97 Å². The first-order valence-electron chi connectivity index (χ1n) is 7.53. The van der Waals surface area contributed by atoms with Crippen LogP contribution >= 0.6 is 0 Å². The summed E-state index contributed by atoms with van der Waals surface area (Å²) in [6, 6.07) is 1.71. The number of ether oxygens (including phenoxy) is 1. The number of rotatable bonds is 5. The first-order valence-corrected chi connectivity index (χ1v) is 7.53. The van der Waals surface area contributed by atoms with Crippen LogP contribution in [0.3, 0.4) is 0 Å². The fraction of sp³-hybridized carbons (Fsp3) is 0.688. The van der Waals surface area contributed by atoms with E-state index in [2.05, 4.69) is 12.2 Å². The van der Waals surface area contributed by atoms with Crippen molar-refractivity contribution < 1.29 is 19.1 Å². The lowest BCUT2D eigenvalue weighted by molar-refractivity contribution is 0.0599. The van der Waals surface area contributed by atoms with E-state index in [0.29, 0.717) is 23.6 Å². The van der Waals surface area contributed by atoms with Crippen LogP contribution in [0.1, 0.15) is 54.5 Å². The number of aliphatic hydroxyl groups excluding tert-OH is 1. The highest BCUT2D eigenvalue weighted by atomic mass is 16.5. The van der Waals surface area contributed by atoms with E-state index in [1.807, 2.05) is 0 Å². The molecule has 1 aromatic heterocycles. The van der Waals surface area contributed by atoms with Gasteiger partial charge in [0.05, 0.1) is 20.3 Å². The van der Waals surface area contributed by atoms with E-state index in [1.165, 1.54) is 7.11 Å². The maximum Gasteiger partial charge on any atom is 0.341 e. The lowest BCUT2D eigenvalue weighted by atomic mass is 9.77. The zero-order chi connectivity index (χ0) is 15.5. The normalized spacial score (nSPS) is 25.8.